The van der Waals surface area contributed by atoms with Crippen molar-refractivity contribution in [3.8, 4) is 0 Å². The van der Waals surface area contributed by atoms with Gasteiger partial charge in [-0.15, -0.1) is 6.58 Å². The highest BCUT2D eigenvalue weighted by molar-refractivity contribution is 5.86. The minimum Gasteiger partial charge on any atom is -0.375 e. The summed E-state index contributed by atoms with van der Waals surface area (Å²) in [5.74, 6) is 0.577. The van der Waals surface area contributed by atoms with Gasteiger partial charge in [-0.25, -0.2) is 0 Å². The molecule has 0 radical (unpaired) electrons. The number of carbonyl (C=O) groups excluding carboxylic acids is 1. The van der Waals surface area contributed by atoms with Crippen molar-refractivity contribution in [1.29, 1.82) is 0 Å². The van der Waals surface area contributed by atoms with E-state index in [1.165, 1.54) is 0 Å². The van der Waals surface area contributed by atoms with Crippen molar-refractivity contribution >= 4 is 16.9 Å². The Hall–Kier alpha value is -2.18. The first-order valence-electron chi connectivity index (χ1n) is 9.30. The largest absolute Gasteiger partial charge is 0.375 e. The molecule has 2 atom stereocenters. The zero-order valence-corrected chi connectivity index (χ0v) is 15.0. The third-order valence-corrected chi connectivity index (χ3v) is 5.44. The Morgan fingerprint density at radius 2 is 2.19 bits per heavy atom. The van der Waals surface area contributed by atoms with Crippen molar-refractivity contribution in [3.05, 3.63) is 42.6 Å². The second-order valence-electron chi connectivity index (χ2n) is 7.15. The fraction of sp³-hybridized carbons (Fsp3) is 0.500. The van der Waals surface area contributed by atoms with E-state index < -0.39 is 0 Å². The summed E-state index contributed by atoms with van der Waals surface area (Å²) >= 11 is 0. The normalized spacial score (nSPS) is 24.2. The molecule has 2 aromatic rings. The van der Waals surface area contributed by atoms with E-state index >= 15 is 0 Å². The Kier molecular flexibility index (Phi) is 5.04. The number of nitrogens with zero attached hydrogens (tertiary/aromatic N) is 3. The lowest BCUT2D eigenvalue weighted by Crippen LogP contribution is -2.49. The molecule has 138 valence electrons. The second kappa shape index (κ2) is 7.60. The molecule has 1 aromatic heterocycles. The summed E-state index contributed by atoms with van der Waals surface area (Å²) in [5, 5.41) is 5.01. The molecule has 0 saturated carbocycles. The Bertz CT molecular complexity index is 787. The molecule has 6 heteroatoms. The number of carbonyl (C=O) groups is 1. The van der Waals surface area contributed by atoms with E-state index in [9.17, 15) is 4.79 Å². The number of piperidine rings is 1. The van der Waals surface area contributed by atoms with Gasteiger partial charge in [0.1, 0.15) is 5.69 Å². The Balaban J connectivity index is 1.40. The van der Waals surface area contributed by atoms with Crippen LogP contribution in [0.4, 0.5) is 0 Å². The Morgan fingerprint density at radius 1 is 1.31 bits per heavy atom. The highest BCUT2D eigenvalue weighted by Gasteiger charge is 2.35. The molecule has 2 aliphatic heterocycles. The van der Waals surface area contributed by atoms with Crippen LogP contribution in [0, 0.1) is 5.92 Å². The van der Waals surface area contributed by atoms with Gasteiger partial charge >= 0.3 is 0 Å². The van der Waals surface area contributed by atoms with E-state index in [1.54, 1.807) is 0 Å². The number of ether oxygens (including phenoxy) is 1. The highest BCUT2D eigenvalue weighted by atomic mass is 16.5. The van der Waals surface area contributed by atoms with E-state index in [1.807, 2.05) is 35.2 Å². The van der Waals surface area contributed by atoms with Crippen molar-refractivity contribution in [3.63, 3.8) is 0 Å². The van der Waals surface area contributed by atoms with Crippen LogP contribution in [0.25, 0.3) is 11.0 Å². The maximum atomic E-state index is 12.8. The van der Waals surface area contributed by atoms with Crippen LogP contribution in [0.1, 0.15) is 12.1 Å². The van der Waals surface area contributed by atoms with E-state index in [0.29, 0.717) is 24.8 Å². The van der Waals surface area contributed by atoms with Crippen LogP contribution < -0.4 is 0 Å². The molecule has 1 amide bonds. The molecule has 2 saturated heterocycles. The standard InChI is InChI=1S/C20H25N3O3/c1-2-8-22-10-11-25-19-14-23(9-7-15(19)13-22)20(24)12-17-16-5-3-4-6-18(16)26-21-17/h2-6,15,19H,1,7-14H2. The van der Waals surface area contributed by atoms with Gasteiger partial charge in [0.15, 0.2) is 5.58 Å². The molecule has 2 fully saturated rings. The Morgan fingerprint density at radius 3 is 3.08 bits per heavy atom. The Labute approximate surface area is 153 Å². The van der Waals surface area contributed by atoms with Gasteiger partial charge < -0.3 is 14.2 Å². The maximum Gasteiger partial charge on any atom is 0.228 e. The number of aromatic nitrogens is 1. The molecule has 0 spiro atoms. The minimum atomic E-state index is 0.0956. The van der Waals surface area contributed by atoms with E-state index in [0.717, 1.165) is 43.6 Å². The van der Waals surface area contributed by atoms with Crippen LogP contribution in [0.15, 0.2) is 41.4 Å². The zero-order chi connectivity index (χ0) is 17.9. The van der Waals surface area contributed by atoms with Gasteiger partial charge in [-0.2, -0.15) is 0 Å². The number of rotatable bonds is 4. The summed E-state index contributed by atoms with van der Waals surface area (Å²) < 4.78 is 11.4. The van der Waals surface area contributed by atoms with Gasteiger partial charge in [-0.05, 0) is 18.6 Å². The van der Waals surface area contributed by atoms with Crippen LogP contribution in [0.2, 0.25) is 0 Å². The number of amides is 1. The zero-order valence-electron chi connectivity index (χ0n) is 15.0. The molecule has 2 unspecified atom stereocenters. The number of hydrogen-bond acceptors (Lipinski definition) is 5. The molecule has 26 heavy (non-hydrogen) atoms. The number of para-hydroxylation sites is 1. The summed E-state index contributed by atoms with van der Waals surface area (Å²) in [7, 11) is 0. The third-order valence-electron chi connectivity index (χ3n) is 5.44. The van der Waals surface area contributed by atoms with Crippen LogP contribution >= 0.6 is 0 Å². The van der Waals surface area contributed by atoms with Gasteiger partial charge in [0.25, 0.3) is 0 Å². The maximum absolute atomic E-state index is 12.8. The van der Waals surface area contributed by atoms with E-state index in [2.05, 4.69) is 16.6 Å². The van der Waals surface area contributed by atoms with Gasteiger partial charge in [0, 0.05) is 44.0 Å². The van der Waals surface area contributed by atoms with Gasteiger partial charge in [-0.1, -0.05) is 23.4 Å². The van der Waals surface area contributed by atoms with Crippen molar-refractivity contribution in [2.75, 3.05) is 39.3 Å². The molecule has 0 aliphatic carbocycles. The highest BCUT2D eigenvalue weighted by Crippen LogP contribution is 2.25. The number of likely N-dealkylation sites (tertiary alicyclic amines) is 1. The SMILES string of the molecule is C=CCN1CCOC2CN(C(=O)Cc3noc4ccccc34)CCC2C1. The number of fused-ring (bicyclic) bond motifs is 2. The summed E-state index contributed by atoms with van der Waals surface area (Å²) in [6, 6.07) is 7.66. The topological polar surface area (TPSA) is 58.8 Å². The first-order chi connectivity index (χ1) is 12.7. The van der Waals surface area contributed by atoms with Crippen LogP contribution in [0.3, 0.4) is 0 Å². The van der Waals surface area contributed by atoms with Crippen LogP contribution in [-0.4, -0.2) is 66.3 Å². The summed E-state index contributed by atoms with van der Waals surface area (Å²) in [4.78, 5) is 17.1. The van der Waals surface area contributed by atoms with Crippen molar-refractivity contribution in [2.45, 2.75) is 18.9 Å². The van der Waals surface area contributed by atoms with Gasteiger partial charge in [-0.3, -0.25) is 9.69 Å². The predicted octanol–water partition coefficient (Wildman–Crippen LogP) is 2.11. The number of hydrogen-bond donors (Lipinski definition) is 0. The summed E-state index contributed by atoms with van der Waals surface area (Å²) in [5.41, 5.74) is 1.44. The molecule has 0 N–H and O–H groups in total. The molecule has 4 rings (SSSR count). The fourth-order valence-corrected chi connectivity index (χ4v) is 4.01. The van der Waals surface area contributed by atoms with E-state index in [-0.39, 0.29) is 18.4 Å². The molecule has 3 heterocycles. The molecule has 6 nitrogen and oxygen atoms in total. The fourth-order valence-electron chi connectivity index (χ4n) is 4.01. The van der Waals surface area contributed by atoms with Crippen molar-refractivity contribution < 1.29 is 14.1 Å². The average molecular weight is 355 g/mol. The molecular formula is C20H25N3O3. The average Bonchev–Trinajstić information content (AvgIpc) is 2.94. The molecule has 2 aliphatic rings. The molecule has 1 aromatic carbocycles. The lowest BCUT2D eigenvalue weighted by molar-refractivity contribution is -0.136. The lowest BCUT2D eigenvalue weighted by atomic mass is 9.93. The number of benzene rings is 1. The van der Waals surface area contributed by atoms with Gasteiger partial charge in [0.05, 0.1) is 19.1 Å². The smallest absolute Gasteiger partial charge is 0.228 e. The predicted molar refractivity (Wildman–Crippen MR) is 98.8 cm³/mol. The second-order valence-corrected chi connectivity index (χ2v) is 7.15. The van der Waals surface area contributed by atoms with Crippen LogP contribution in [0.5, 0.6) is 0 Å². The van der Waals surface area contributed by atoms with E-state index in [4.69, 9.17) is 9.26 Å². The van der Waals surface area contributed by atoms with Gasteiger partial charge in [0.2, 0.25) is 5.91 Å². The third kappa shape index (κ3) is 3.52. The first kappa shape index (κ1) is 17.2. The van der Waals surface area contributed by atoms with Crippen LogP contribution in [-0.2, 0) is 16.0 Å². The quantitative estimate of drug-likeness (QED) is 0.786. The minimum absolute atomic E-state index is 0.0956. The molecule has 0 bridgehead atoms. The monoisotopic (exact) mass is 355 g/mol. The summed E-state index contributed by atoms with van der Waals surface area (Å²) in [6.45, 7) is 8.84. The first-order valence-corrected chi connectivity index (χ1v) is 9.30. The van der Waals surface area contributed by atoms with Crippen molar-refractivity contribution in [1.82, 2.24) is 15.0 Å². The molecular weight excluding hydrogens is 330 g/mol. The lowest BCUT2D eigenvalue weighted by Gasteiger charge is -2.38. The van der Waals surface area contributed by atoms with Crippen molar-refractivity contribution in [2.24, 2.45) is 5.92 Å². The summed E-state index contributed by atoms with van der Waals surface area (Å²) in [6.07, 6.45) is 3.32.